The molecular formula is C18H20N2O. The molecule has 3 aromatic rings. The molecular weight excluding hydrogens is 260 g/mol. The van der Waals surface area contributed by atoms with E-state index in [-0.39, 0.29) is 6.04 Å². The van der Waals surface area contributed by atoms with Crippen molar-refractivity contribution in [3.63, 3.8) is 0 Å². The van der Waals surface area contributed by atoms with Gasteiger partial charge in [-0.05, 0) is 36.7 Å². The summed E-state index contributed by atoms with van der Waals surface area (Å²) in [6.07, 6.45) is 1.81. The molecule has 21 heavy (non-hydrogen) atoms. The van der Waals surface area contributed by atoms with Gasteiger partial charge < -0.3 is 9.73 Å². The maximum atomic E-state index is 5.82. The Balaban J connectivity index is 1.82. The monoisotopic (exact) mass is 280 g/mol. The summed E-state index contributed by atoms with van der Waals surface area (Å²) in [6, 6.07) is 16.8. The highest BCUT2D eigenvalue weighted by Gasteiger charge is 2.14. The van der Waals surface area contributed by atoms with Crippen LogP contribution in [0.15, 0.2) is 52.9 Å². The third-order valence-electron chi connectivity index (χ3n) is 3.86. The molecule has 0 aliphatic heterocycles. The van der Waals surface area contributed by atoms with E-state index in [1.165, 1.54) is 11.1 Å². The second-order valence-electron chi connectivity index (χ2n) is 5.22. The predicted molar refractivity (Wildman–Crippen MR) is 85.3 cm³/mol. The molecule has 0 aliphatic carbocycles. The number of hydrogen-bond donors (Lipinski definition) is 1. The van der Waals surface area contributed by atoms with Crippen LogP contribution in [-0.4, -0.2) is 12.0 Å². The highest BCUT2D eigenvalue weighted by atomic mass is 16.3. The Morgan fingerprint density at radius 1 is 1.10 bits per heavy atom. The van der Waals surface area contributed by atoms with Crippen LogP contribution in [0.25, 0.3) is 11.1 Å². The van der Waals surface area contributed by atoms with Crippen LogP contribution in [0.1, 0.15) is 30.0 Å². The standard InChI is InChI=1S/C18H20N2O/c1-3-13-8-10-14(11-9-13)16(19-2)12-18-20-15-6-4-5-7-17(15)21-18/h4-11,16,19H,3,12H2,1-2H3. The van der Waals surface area contributed by atoms with Crippen molar-refractivity contribution in [2.24, 2.45) is 0 Å². The second kappa shape index (κ2) is 6.10. The lowest BCUT2D eigenvalue weighted by Gasteiger charge is -2.15. The number of rotatable bonds is 5. The number of aryl methyl sites for hydroxylation is 1. The maximum absolute atomic E-state index is 5.82. The Labute approximate surface area is 125 Å². The van der Waals surface area contributed by atoms with Crippen LogP contribution in [0.2, 0.25) is 0 Å². The van der Waals surface area contributed by atoms with Crippen LogP contribution in [0.4, 0.5) is 0 Å². The van der Waals surface area contributed by atoms with Gasteiger partial charge in [-0.2, -0.15) is 0 Å². The van der Waals surface area contributed by atoms with E-state index in [9.17, 15) is 0 Å². The molecule has 0 fully saturated rings. The van der Waals surface area contributed by atoms with Crippen molar-refractivity contribution >= 4 is 11.1 Å². The minimum absolute atomic E-state index is 0.212. The second-order valence-corrected chi connectivity index (χ2v) is 5.22. The normalized spacial score (nSPS) is 12.7. The molecule has 1 N–H and O–H groups in total. The molecule has 1 unspecified atom stereocenters. The van der Waals surface area contributed by atoms with Crippen molar-refractivity contribution in [1.29, 1.82) is 0 Å². The molecule has 3 heteroatoms. The maximum Gasteiger partial charge on any atom is 0.197 e. The molecule has 0 saturated heterocycles. The van der Waals surface area contributed by atoms with Gasteiger partial charge in [0.15, 0.2) is 11.5 Å². The fourth-order valence-corrected chi connectivity index (χ4v) is 2.55. The topological polar surface area (TPSA) is 38.1 Å². The first-order valence-electron chi connectivity index (χ1n) is 7.40. The van der Waals surface area contributed by atoms with E-state index in [0.717, 1.165) is 29.8 Å². The minimum atomic E-state index is 0.212. The van der Waals surface area contributed by atoms with Crippen molar-refractivity contribution in [2.75, 3.05) is 7.05 Å². The Bertz CT molecular complexity index is 682. The van der Waals surface area contributed by atoms with Gasteiger partial charge >= 0.3 is 0 Å². The van der Waals surface area contributed by atoms with Crippen LogP contribution in [0, 0.1) is 0 Å². The molecule has 108 valence electrons. The van der Waals surface area contributed by atoms with Gasteiger partial charge in [0.05, 0.1) is 0 Å². The minimum Gasteiger partial charge on any atom is -0.441 e. The van der Waals surface area contributed by atoms with E-state index in [0.29, 0.717) is 0 Å². The van der Waals surface area contributed by atoms with E-state index in [1.54, 1.807) is 0 Å². The van der Waals surface area contributed by atoms with Crippen molar-refractivity contribution in [3.05, 3.63) is 65.5 Å². The summed E-state index contributed by atoms with van der Waals surface area (Å²) in [7, 11) is 1.97. The van der Waals surface area contributed by atoms with Crippen LogP contribution in [0.5, 0.6) is 0 Å². The Kier molecular flexibility index (Phi) is 4.02. The third kappa shape index (κ3) is 2.98. The lowest BCUT2D eigenvalue weighted by atomic mass is 10.0. The van der Waals surface area contributed by atoms with Gasteiger partial charge in [-0.1, -0.05) is 43.3 Å². The van der Waals surface area contributed by atoms with Gasteiger partial charge in [0.2, 0.25) is 0 Å². The Morgan fingerprint density at radius 3 is 2.52 bits per heavy atom. The summed E-state index contributed by atoms with van der Waals surface area (Å²) in [5, 5.41) is 3.35. The molecule has 1 atom stereocenters. The average molecular weight is 280 g/mol. The number of fused-ring (bicyclic) bond motifs is 1. The van der Waals surface area contributed by atoms with E-state index in [1.807, 2.05) is 31.3 Å². The van der Waals surface area contributed by atoms with Crippen molar-refractivity contribution < 1.29 is 4.42 Å². The molecule has 0 radical (unpaired) electrons. The number of benzene rings is 2. The fourth-order valence-electron chi connectivity index (χ4n) is 2.55. The van der Waals surface area contributed by atoms with E-state index in [4.69, 9.17) is 4.42 Å². The van der Waals surface area contributed by atoms with Crippen LogP contribution >= 0.6 is 0 Å². The van der Waals surface area contributed by atoms with Crippen LogP contribution in [0.3, 0.4) is 0 Å². The first kappa shape index (κ1) is 13.8. The molecule has 0 saturated carbocycles. The SMILES string of the molecule is CCc1ccc(C(Cc2nc3ccccc3o2)NC)cc1. The van der Waals surface area contributed by atoms with Crippen molar-refractivity contribution in [2.45, 2.75) is 25.8 Å². The Hall–Kier alpha value is -2.13. The largest absolute Gasteiger partial charge is 0.441 e. The number of nitrogens with zero attached hydrogens (tertiary/aromatic N) is 1. The lowest BCUT2D eigenvalue weighted by molar-refractivity contribution is 0.474. The van der Waals surface area contributed by atoms with Gasteiger partial charge in [-0.3, -0.25) is 0 Å². The number of para-hydroxylation sites is 2. The molecule has 0 spiro atoms. The first-order chi connectivity index (χ1) is 10.3. The fraction of sp³-hybridized carbons (Fsp3) is 0.278. The Morgan fingerprint density at radius 2 is 1.86 bits per heavy atom. The molecule has 0 amide bonds. The summed E-state index contributed by atoms with van der Waals surface area (Å²) in [5.41, 5.74) is 4.39. The molecule has 3 rings (SSSR count). The average Bonchev–Trinajstić information content (AvgIpc) is 2.95. The van der Waals surface area contributed by atoms with E-state index < -0.39 is 0 Å². The molecule has 3 nitrogen and oxygen atoms in total. The molecule has 0 bridgehead atoms. The van der Waals surface area contributed by atoms with Crippen molar-refractivity contribution in [3.8, 4) is 0 Å². The van der Waals surface area contributed by atoms with Gasteiger partial charge in [0, 0.05) is 12.5 Å². The zero-order valence-electron chi connectivity index (χ0n) is 12.5. The quantitative estimate of drug-likeness (QED) is 0.770. The molecule has 1 aromatic heterocycles. The van der Waals surface area contributed by atoms with E-state index >= 15 is 0 Å². The van der Waals surface area contributed by atoms with Crippen LogP contribution in [-0.2, 0) is 12.8 Å². The molecule has 0 aliphatic rings. The highest BCUT2D eigenvalue weighted by Crippen LogP contribution is 2.21. The van der Waals surface area contributed by atoms with E-state index in [2.05, 4.69) is 41.5 Å². The van der Waals surface area contributed by atoms with Gasteiger partial charge in [0.25, 0.3) is 0 Å². The zero-order valence-corrected chi connectivity index (χ0v) is 12.5. The lowest BCUT2D eigenvalue weighted by Crippen LogP contribution is -2.19. The molecule has 2 aromatic carbocycles. The highest BCUT2D eigenvalue weighted by molar-refractivity contribution is 5.72. The number of likely N-dealkylation sites (N-methyl/N-ethyl adjacent to an activating group) is 1. The summed E-state index contributed by atoms with van der Waals surface area (Å²) in [5.74, 6) is 0.773. The van der Waals surface area contributed by atoms with Gasteiger partial charge in [-0.15, -0.1) is 0 Å². The number of aromatic nitrogens is 1. The first-order valence-corrected chi connectivity index (χ1v) is 7.40. The van der Waals surface area contributed by atoms with Crippen molar-refractivity contribution in [1.82, 2.24) is 10.3 Å². The summed E-state index contributed by atoms with van der Waals surface area (Å²) >= 11 is 0. The summed E-state index contributed by atoms with van der Waals surface area (Å²) in [4.78, 5) is 4.55. The predicted octanol–water partition coefficient (Wildman–Crippen LogP) is 3.89. The smallest absolute Gasteiger partial charge is 0.197 e. The zero-order chi connectivity index (χ0) is 14.7. The van der Waals surface area contributed by atoms with Gasteiger partial charge in [-0.25, -0.2) is 4.98 Å². The summed E-state index contributed by atoms with van der Waals surface area (Å²) in [6.45, 7) is 2.17. The number of oxazole rings is 1. The number of nitrogens with one attached hydrogen (secondary N) is 1. The summed E-state index contributed by atoms with van der Waals surface area (Å²) < 4.78 is 5.82. The van der Waals surface area contributed by atoms with Crippen LogP contribution < -0.4 is 5.32 Å². The number of hydrogen-bond acceptors (Lipinski definition) is 3. The van der Waals surface area contributed by atoms with Gasteiger partial charge in [0.1, 0.15) is 5.52 Å². The molecule has 1 heterocycles. The third-order valence-corrected chi connectivity index (χ3v) is 3.86.